The van der Waals surface area contributed by atoms with Gasteiger partial charge in [0.2, 0.25) is 0 Å². The first-order valence-corrected chi connectivity index (χ1v) is 7.94. The summed E-state index contributed by atoms with van der Waals surface area (Å²) in [6, 6.07) is 7.83. The van der Waals surface area contributed by atoms with Crippen molar-refractivity contribution in [2.24, 2.45) is 0 Å². The zero-order valence-corrected chi connectivity index (χ0v) is 12.4. The maximum Gasteiger partial charge on any atom is 0.0415 e. The molecule has 0 bridgehead atoms. The van der Waals surface area contributed by atoms with Crippen LogP contribution < -0.4 is 10.2 Å². The molecule has 1 aromatic carbocycles. The largest absolute Gasteiger partial charge is 0.368 e. The third-order valence-corrected chi connectivity index (χ3v) is 4.59. The van der Waals surface area contributed by atoms with E-state index in [1.165, 1.54) is 49.9 Å². The number of rotatable bonds is 5. The van der Waals surface area contributed by atoms with Crippen LogP contribution in [0, 0.1) is 0 Å². The molecule has 1 heterocycles. The second-order valence-electron chi connectivity index (χ2n) is 5.83. The minimum Gasteiger partial charge on any atom is -0.368 e. The van der Waals surface area contributed by atoms with Crippen molar-refractivity contribution in [3.05, 3.63) is 28.8 Å². The summed E-state index contributed by atoms with van der Waals surface area (Å²) >= 11 is 6.18. The molecule has 104 valence electrons. The predicted molar refractivity (Wildman–Crippen MR) is 82.0 cm³/mol. The molecule has 0 spiro atoms. The van der Waals surface area contributed by atoms with Gasteiger partial charge in [0, 0.05) is 35.9 Å². The number of hydrogen-bond donors (Lipinski definition) is 1. The van der Waals surface area contributed by atoms with Crippen molar-refractivity contribution in [1.82, 2.24) is 5.32 Å². The minimum atomic E-state index is 0.709. The lowest BCUT2D eigenvalue weighted by molar-refractivity contribution is 0.637. The first-order valence-electron chi connectivity index (χ1n) is 7.56. The summed E-state index contributed by atoms with van der Waals surface area (Å²) in [5.41, 5.74) is 2.75. The number of halogens is 1. The third-order valence-electron chi connectivity index (χ3n) is 4.36. The topological polar surface area (TPSA) is 15.3 Å². The fraction of sp³-hybridized carbons (Fsp3) is 0.625. The molecule has 2 aliphatic rings. The highest BCUT2D eigenvalue weighted by Crippen LogP contribution is 2.32. The molecular weight excluding hydrogens is 256 g/mol. The van der Waals surface area contributed by atoms with E-state index in [-0.39, 0.29) is 0 Å². The first kappa shape index (κ1) is 13.3. The Morgan fingerprint density at radius 1 is 1.32 bits per heavy atom. The first-order chi connectivity index (χ1) is 9.28. The van der Waals surface area contributed by atoms with Crippen LogP contribution >= 0.6 is 11.6 Å². The Balaban J connectivity index is 1.81. The Morgan fingerprint density at radius 2 is 2.16 bits per heavy atom. The van der Waals surface area contributed by atoms with Gasteiger partial charge in [0.1, 0.15) is 0 Å². The van der Waals surface area contributed by atoms with Crippen molar-refractivity contribution in [1.29, 1.82) is 0 Å². The molecule has 1 N–H and O–H groups in total. The predicted octanol–water partition coefficient (Wildman–Crippen LogP) is 3.97. The minimum absolute atomic E-state index is 0.709. The van der Waals surface area contributed by atoms with Crippen LogP contribution in [0.3, 0.4) is 0 Å². The maximum absolute atomic E-state index is 6.18. The molecule has 1 saturated carbocycles. The van der Waals surface area contributed by atoms with Crippen molar-refractivity contribution in [2.75, 3.05) is 11.4 Å². The van der Waals surface area contributed by atoms with Gasteiger partial charge in [0.05, 0.1) is 0 Å². The molecule has 1 aliphatic heterocycles. The molecule has 1 atom stereocenters. The van der Waals surface area contributed by atoms with Gasteiger partial charge >= 0.3 is 0 Å². The quantitative estimate of drug-likeness (QED) is 0.877. The second kappa shape index (κ2) is 5.72. The summed E-state index contributed by atoms with van der Waals surface area (Å²) in [5.74, 6) is 0. The van der Waals surface area contributed by atoms with Crippen molar-refractivity contribution >= 4 is 17.3 Å². The van der Waals surface area contributed by atoms with Crippen molar-refractivity contribution in [3.8, 4) is 0 Å². The van der Waals surface area contributed by atoms with Gasteiger partial charge in [-0.1, -0.05) is 18.5 Å². The van der Waals surface area contributed by atoms with Gasteiger partial charge in [-0.15, -0.1) is 0 Å². The number of nitrogens with zero attached hydrogens (tertiary/aromatic N) is 1. The van der Waals surface area contributed by atoms with Gasteiger partial charge in [0.15, 0.2) is 0 Å². The number of anilines is 1. The maximum atomic E-state index is 6.18. The Kier molecular flexibility index (Phi) is 3.99. The smallest absolute Gasteiger partial charge is 0.0415 e. The van der Waals surface area contributed by atoms with Crippen LogP contribution in [0.5, 0.6) is 0 Å². The molecule has 0 aromatic heterocycles. The number of benzene rings is 1. The highest BCUT2D eigenvalue weighted by atomic mass is 35.5. The molecule has 0 amide bonds. The van der Waals surface area contributed by atoms with Crippen LogP contribution in [0.1, 0.15) is 44.6 Å². The fourth-order valence-electron chi connectivity index (χ4n) is 3.09. The van der Waals surface area contributed by atoms with Gasteiger partial charge < -0.3 is 10.2 Å². The van der Waals surface area contributed by atoms with E-state index in [9.17, 15) is 0 Å². The standard InChI is InChI=1S/C16H23ClN2/c1-2-15-4-3-9-19(15)16-8-5-13(17)10-12(16)11-18-14-6-7-14/h5,8,10,14-15,18H,2-4,6-7,9,11H2,1H3. The van der Waals surface area contributed by atoms with E-state index in [0.29, 0.717) is 6.04 Å². The average Bonchev–Trinajstić information content (AvgIpc) is 3.13. The second-order valence-corrected chi connectivity index (χ2v) is 6.26. The van der Waals surface area contributed by atoms with Crippen LogP contribution in [0.2, 0.25) is 5.02 Å². The van der Waals surface area contributed by atoms with Crippen LogP contribution in [-0.2, 0) is 6.54 Å². The summed E-state index contributed by atoms with van der Waals surface area (Å²) in [4.78, 5) is 2.58. The van der Waals surface area contributed by atoms with Gasteiger partial charge in [0.25, 0.3) is 0 Å². The highest BCUT2D eigenvalue weighted by Gasteiger charge is 2.26. The van der Waals surface area contributed by atoms with E-state index < -0.39 is 0 Å². The van der Waals surface area contributed by atoms with Gasteiger partial charge in [-0.3, -0.25) is 0 Å². The molecular formula is C16H23ClN2. The molecule has 1 unspecified atom stereocenters. The summed E-state index contributed by atoms with van der Waals surface area (Å²) in [7, 11) is 0. The zero-order chi connectivity index (χ0) is 13.2. The molecule has 1 aromatic rings. The van der Waals surface area contributed by atoms with Crippen LogP contribution in [0.4, 0.5) is 5.69 Å². The fourth-order valence-corrected chi connectivity index (χ4v) is 3.29. The molecule has 2 fully saturated rings. The van der Waals surface area contributed by atoms with Crippen LogP contribution in [0.25, 0.3) is 0 Å². The SMILES string of the molecule is CCC1CCCN1c1ccc(Cl)cc1CNC1CC1. The highest BCUT2D eigenvalue weighted by molar-refractivity contribution is 6.30. The van der Waals surface area contributed by atoms with Gasteiger partial charge in [-0.05, 0) is 55.9 Å². The lowest BCUT2D eigenvalue weighted by Crippen LogP contribution is -2.30. The van der Waals surface area contributed by atoms with Crippen molar-refractivity contribution < 1.29 is 0 Å². The van der Waals surface area contributed by atoms with Crippen LogP contribution in [-0.4, -0.2) is 18.6 Å². The molecule has 1 saturated heterocycles. The Bertz CT molecular complexity index is 442. The third kappa shape index (κ3) is 3.06. The summed E-state index contributed by atoms with van der Waals surface area (Å²) in [6.45, 7) is 4.44. The van der Waals surface area contributed by atoms with E-state index in [2.05, 4.69) is 29.3 Å². The summed E-state index contributed by atoms with van der Waals surface area (Å²) in [6.07, 6.45) is 6.54. The molecule has 1 aliphatic carbocycles. The van der Waals surface area contributed by atoms with E-state index >= 15 is 0 Å². The van der Waals surface area contributed by atoms with E-state index in [1.54, 1.807) is 0 Å². The molecule has 2 nitrogen and oxygen atoms in total. The van der Waals surface area contributed by atoms with Gasteiger partial charge in [-0.2, -0.15) is 0 Å². The van der Waals surface area contributed by atoms with Crippen molar-refractivity contribution in [2.45, 2.75) is 57.7 Å². The number of nitrogens with one attached hydrogen (secondary N) is 1. The normalized spacial score (nSPS) is 23.1. The van der Waals surface area contributed by atoms with Crippen molar-refractivity contribution in [3.63, 3.8) is 0 Å². The van der Waals surface area contributed by atoms with E-state index in [0.717, 1.165) is 17.6 Å². The zero-order valence-electron chi connectivity index (χ0n) is 11.7. The van der Waals surface area contributed by atoms with Crippen LogP contribution in [0.15, 0.2) is 18.2 Å². The monoisotopic (exact) mass is 278 g/mol. The lowest BCUT2D eigenvalue weighted by atomic mass is 10.1. The molecule has 3 heteroatoms. The van der Waals surface area contributed by atoms with Gasteiger partial charge in [-0.25, -0.2) is 0 Å². The Morgan fingerprint density at radius 3 is 2.89 bits per heavy atom. The molecule has 19 heavy (non-hydrogen) atoms. The van der Waals surface area contributed by atoms with E-state index in [4.69, 9.17) is 11.6 Å². The Labute approximate surface area is 121 Å². The summed E-state index contributed by atoms with van der Waals surface area (Å²) in [5, 5.41) is 4.46. The lowest BCUT2D eigenvalue weighted by Gasteiger charge is -2.28. The number of hydrogen-bond acceptors (Lipinski definition) is 2. The molecule has 0 radical (unpaired) electrons. The summed E-state index contributed by atoms with van der Waals surface area (Å²) < 4.78 is 0. The van der Waals surface area contributed by atoms with E-state index in [1.807, 2.05) is 6.07 Å². The average molecular weight is 279 g/mol. The Hall–Kier alpha value is -0.730. The molecule has 3 rings (SSSR count).